The van der Waals surface area contributed by atoms with Crippen LogP contribution in [-0.4, -0.2) is 30.7 Å². The summed E-state index contributed by atoms with van der Waals surface area (Å²) >= 11 is 0. The standard InChI is InChI=1S/C17H24N2O3/c1-12-5-6-15(11-13(12)2)16(21)7-8-17(22)19-10-4-9-18-14(3)20/h5-6,11H,4,7-10H2,1-3H3,(H,18,20)(H,19,22). The van der Waals surface area contributed by atoms with E-state index < -0.39 is 0 Å². The van der Waals surface area contributed by atoms with Crippen molar-refractivity contribution in [2.45, 2.75) is 40.0 Å². The number of Topliss-reactive ketones (excluding diaryl/α,β-unsaturated/α-hetero) is 1. The largest absolute Gasteiger partial charge is 0.356 e. The Bertz CT molecular complexity index is 553. The highest BCUT2D eigenvalue weighted by atomic mass is 16.2. The summed E-state index contributed by atoms with van der Waals surface area (Å²) in [5.41, 5.74) is 2.88. The number of aryl methyl sites for hydroxylation is 2. The van der Waals surface area contributed by atoms with E-state index in [-0.39, 0.29) is 30.4 Å². The summed E-state index contributed by atoms with van der Waals surface area (Å²) < 4.78 is 0. The molecule has 0 fully saturated rings. The molecule has 1 aromatic carbocycles. The molecule has 0 aliphatic rings. The number of ketones is 1. The molecule has 0 heterocycles. The maximum Gasteiger partial charge on any atom is 0.220 e. The van der Waals surface area contributed by atoms with Crippen molar-refractivity contribution < 1.29 is 14.4 Å². The molecule has 5 nitrogen and oxygen atoms in total. The van der Waals surface area contributed by atoms with Crippen molar-refractivity contribution in [1.29, 1.82) is 0 Å². The number of carbonyl (C=O) groups is 3. The number of benzene rings is 1. The lowest BCUT2D eigenvalue weighted by Crippen LogP contribution is -2.28. The second-order valence-electron chi connectivity index (χ2n) is 5.41. The number of nitrogens with one attached hydrogen (secondary N) is 2. The second kappa shape index (κ2) is 8.97. The fraction of sp³-hybridized carbons (Fsp3) is 0.471. The molecule has 0 atom stereocenters. The second-order valence-corrected chi connectivity index (χ2v) is 5.41. The third-order valence-electron chi connectivity index (χ3n) is 3.46. The van der Waals surface area contributed by atoms with E-state index in [0.717, 1.165) is 11.1 Å². The highest BCUT2D eigenvalue weighted by Gasteiger charge is 2.09. The SMILES string of the molecule is CC(=O)NCCCNC(=O)CCC(=O)c1ccc(C)c(C)c1. The van der Waals surface area contributed by atoms with E-state index in [1.807, 2.05) is 26.0 Å². The molecule has 0 aliphatic heterocycles. The maximum absolute atomic E-state index is 12.0. The minimum Gasteiger partial charge on any atom is -0.356 e. The Morgan fingerprint density at radius 2 is 1.64 bits per heavy atom. The molecule has 0 radical (unpaired) electrons. The number of hydrogen-bond donors (Lipinski definition) is 2. The first kappa shape index (κ1) is 17.9. The van der Waals surface area contributed by atoms with Crippen LogP contribution >= 0.6 is 0 Å². The van der Waals surface area contributed by atoms with Gasteiger partial charge in [-0.3, -0.25) is 14.4 Å². The van der Waals surface area contributed by atoms with Crippen LogP contribution in [0.2, 0.25) is 0 Å². The minimum absolute atomic E-state index is 0.0171. The van der Waals surface area contributed by atoms with Gasteiger partial charge in [-0.1, -0.05) is 12.1 Å². The summed E-state index contributed by atoms with van der Waals surface area (Å²) in [6.07, 6.45) is 1.07. The van der Waals surface area contributed by atoms with Gasteiger partial charge in [0.1, 0.15) is 0 Å². The first-order valence-electron chi connectivity index (χ1n) is 7.51. The molecule has 0 bridgehead atoms. The zero-order chi connectivity index (χ0) is 16.5. The zero-order valence-electron chi connectivity index (χ0n) is 13.5. The fourth-order valence-corrected chi connectivity index (χ4v) is 1.96. The van der Waals surface area contributed by atoms with Crippen LogP contribution in [0.4, 0.5) is 0 Å². The molecule has 1 aromatic rings. The molecule has 0 aliphatic carbocycles. The molecule has 0 spiro atoms. The van der Waals surface area contributed by atoms with Gasteiger partial charge in [0, 0.05) is 38.4 Å². The molecule has 1 rings (SSSR count). The van der Waals surface area contributed by atoms with Gasteiger partial charge >= 0.3 is 0 Å². The van der Waals surface area contributed by atoms with E-state index in [2.05, 4.69) is 10.6 Å². The maximum atomic E-state index is 12.0. The van der Waals surface area contributed by atoms with Gasteiger partial charge in [-0.25, -0.2) is 0 Å². The van der Waals surface area contributed by atoms with Crippen LogP contribution in [0.1, 0.15) is 47.7 Å². The van der Waals surface area contributed by atoms with Gasteiger partial charge in [0.2, 0.25) is 11.8 Å². The van der Waals surface area contributed by atoms with E-state index >= 15 is 0 Å². The number of carbonyl (C=O) groups excluding carboxylic acids is 3. The minimum atomic E-state index is -0.139. The normalized spacial score (nSPS) is 10.1. The van der Waals surface area contributed by atoms with Crippen LogP contribution in [0.15, 0.2) is 18.2 Å². The fourth-order valence-electron chi connectivity index (χ4n) is 1.96. The number of hydrogen-bond acceptors (Lipinski definition) is 3. The van der Waals surface area contributed by atoms with Gasteiger partial charge in [0.25, 0.3) is 0 Å². The summed E-state index contributed by atoms with van der Waals surface area (Å²) in [5, 5.41) is 5.40. The van der Waals surface area contributed by atoms with Crippen molar-refractivity contribution in [3.8, 4) is 0 Å². The third-order valence-corrected chi connectivity index (χ3v) is 3.46. The van der Waals surface area contributed by atoms with Gasteiger partial charge in [-0.2, -0.15) is 0 Å². The molecule has 0 aromatic heterocycles. The van der Waals surface area contributed by atoms with Crippen LogP contribution in [0.5, 0.6) is 0 Å². The van der Waals surface area contributed by atoms with Gasteiger partial charge < -0.3 is 10.6 Å². The summed E-state index contributed by atoms with van der Waals surface area (Å²) in [7, 11) is 0. The van der Waals surface area contributed by atoms with E-state index in [1.54, 1.807) is 6.07 Å². The molecule has 0 unspecified atom stereocenters. The Morgan fingerprint density at radius 3 is 2.27 bits per heavy atom. The predicted octanol–water partition coefficient (Wildman–Crippen LogP) is 1.91. The molecular formula is C17H24N2O3. The van der Waals surface area contributed by atoms with Gasteiger partial charge in [-0.05, 0) is 37.5 Å². The first-order chi connectivity index (χ1) is 10.4. The van der Waals surface area contributed by atoms with E-state index in [9.17, 15) is 14.4 Å². The smallest absolute Gasteiger partial charge is 0.220 e. The molecule has 120 valence electrons. The van der Waals surface area contributed by atoms with Crippen LogP contribution in [0.3, 0.4) is 0 Å². The zero-order valence-corrected chi connectivity index (χ0v) is 13.5. The van der Waals surface area contributed by atoms with Crippen molar-refractivity contribution in [3.63, 3.8) is 0 Å². The van der Waals surface area contributed by atoms with Crippen LogP contribution < -0.4 is 10.6 Å². The van der Waals surface area contributed by atoms with Crippen molar-refractivity contribution >= 4 is 17.6 Å². The van der Waals surface area contributed by atoms with Crippen molar-refractivity contribution in [2.24, 2.45) is 0 Å². The quantitative estimate of drug-likeness (QED) is 0.569. The third kappa shape index (κ3) is 6.52. The van der Waals surface area contributed by atoms with Crippen molar-refractivity contribution in [1.82, 2.24) is 10.6 Å². The lowest BCUT2D eigenvalue weighted by molar-refractivity contribution is -0.121. The Balaban J connectivity index is 2.27. The average molecular weight is 304 g/mol. The molecule has 5 heteroatoms. The summed E-state index contributed by atoms with van der Waals surface area (Å²) in [6.45, 7) is 6.46. The van der Waals surface area contributed by atoms with E-state index in [1.165, 1.54) is 6.92 Å². The van der Waals surface area contributed by atoms with Crippen LogP contribution in [0.25, 0.3) is 0 Å². The van der Waals surface area contributed by atoms with Crippen LogP contribution in [0, 0.1) is 13.8 Å². The Hall–Kier alpha value is -2.17. The van der Waals surface area contributed by atoms with Crippen molar-refractivity contribution in [3.05, 3.63) is 34.9 Å². The molecule has 2 N–H and O–H groups in total. The molecular weight excluding hydrogens is 280 g/mol. The Kier molecular flexibility index (Phi) is 7.29. The molecule has 0 saturated carbocycles. The number of rotatable bonds is 8. The van der Waals surface area contributed by atoms with Gasteiger partial charge in [0.15, 0.2) is 5.78 Å². The summed E-state index contributed by atoms with van der Waals surface area (Å²) in [4.78, 5) is 34.3. The van der Waals surface area contributed by atoms with Crippen LogP contribution in [-0.2, 0) is 9.59 Å². The molecule has 0 saturated heterocycles. The lowest BCUT2D eigenvalue weighted by atomic mass is 10.0. The highest BCUT2D eigenvalue weighted by Crippen LogP contribution is 2.12. The van der Waals surface area contributed by atoms with E-state index in [4.69, 9.17) is 0 Å². The number of amides is 2. The summed E-state index contributed by atoms with van der Waals surface area (Å²) in [6, 6.07) is 5.59. The van der Waals surface area contributed by atoms with Gasteiger partial charge in [0.05, 0.1) is 0 Å². The molecule has 2 amide bonds. The lowest BCUT2D eigenvalue weighted by Gasteiger charge is -2.06. The predicted molar refractivity (Wildman–Crippen MR) is 85.8 cm³/mol. The highest BCUT2D eigenvalue weighted by molar-refractivity contribution is 5.98. The van der Waals surface area contributed by atoms with E-state index in [0.29, 0.717) is 25.1 Å². The monoisotopic (exact) mass is 304 g/mol. The molecule has 22 heavy (non-hydrogen) atoms. The first-order valence-corrected chi connectivity index (χ1v) is 7.51. The Morgan fingerprint density at radius 1 is 0.955 bits per heavy atom. The topological polar surface area (TPSA) is 75.3 Å². The Labute approximate surface area is 131 Å². The van der Waals surface area contributed by atoms with Crippen molar-refractivity contribution in [2.75, 3.05) is 13.1 Å². The van der Waals surface area contributed by atoms with Gasteiger partial charge in [-0.15, -0.1) is 0 Å². The average Bonchev–Trinajstić information content (AvgIpc) is 2.47. The summed E-state index contributed by atoms with van der Waals surface area (Å²) in [5.74, 6) is -0.234.